The average Bonchev–Trinajstić information content (AvgIpc) is 2.50. The van der Waals surface area contributed by atoms with Gasteiger partial charge in [0.1, 0.15) is 0 Å². The molecule has 8 heteroatoms. The van der Waals surface area contributed by atoms with Gasteiger partial charge in [0.05, 0.1) is 6.33 Å². The quantitative estimate of drug-likeness (QED) is 0.872. The Bertz CT molecular complexity index is 350. The van der Waals surface area contributed by atoms with Gasteiger partial charge in [0.25, 0.3) is 0 Å². The molecule has 1 heterocycles. The van der Waals surface area contributed by atoms with E-state index < -0.39 is 11.5 Å². The Morgan fingerprint density at radius 1 is 1.60 bits per heavy atom. The van der Waals surface area contributed by atoms with Crippen molar-refractivity contribution in [1.29, 1.82) is 0 Å². The number of carbonyl (C=O) groups is 1. The van der Waals surface area contributed by atoms with E-state index in [4.69, 9.17) is 5.11 Å². The number of imidazole rings is 1. The third-order valence-corrected chi connectivity index (χ3v) is 2.18. The normalized spacial score (nSPS) is 11.7. The summed E-state index contributed by atoms with van der Waals surface area (Å²) >= 11 is -0.150. The Kier molecular flexibility index (Phi) is 3.61. The van der Waals surface area contributed by atoms with Crippen LogP contribution < -0.4 is 0 Å². The molecule has 1 N–H and O–H groups in total. The molecule has 0 aliphatic rings. The van der Waals surface area contributed by atoms with Crippen LogP contribution in [-0.2, 0) is 6.54 Å². The Hall–Kier alpha value is -1.18. The summed E-state index contributed by atoms with van der Waals surface area (Å²) in [6, 6.07) is 0. The van der Waals surface area contributed by atoms with Gasteiger partial charge in [0, 0.05) is 18.5 Å². The first kappa shape index (κ1) is 11.9. The fourth-order valence-corrected chi connectivity index (χ4v) is 1.39. The second-order valence-corrected chi connectivity index (χ2v) is 3.76. The summed E-state index contributed by atoms with van der Waals surface area (Å²) in [5, 5.41) is 8.49. The van der Waals surface area contributed by atoms with Gasteiger partial charge in [-0.05, 0) is 11.8 Å². The lowest BCUT2D eigenvalue weighted by atomic mass is 10.5. The summed E-state index contributed by atoms with van der Waals surface area (Å²) in [5.74, 6) is -1.36. The van der Waals surface area contributed by atoms with E-state index in [0.717, 1.165) is 0 Å². The zero-order chi connectivity index (χ0) is 11.5. The number of aryl methyl sites for hydroxylation is 1. The predicted octanol–water partition coefficient (Wildman–Crippen LogP) is 1.83. The number of halogens is 3. The summed E-state index contributed by atoms with van der Waals surface area (Å²) in [5.41, 5.74) is -4.43. The van der Waals surface area contributed by atoms with Gasteiger partial charge in [0.2, 0.25) is 0 Å². The molecule has 0 aliphatic carbocycles. The second-order valence-electron chi connectivity index (χ2n) is 2.60. The molecule has 0 amide bonds. The highest BCUT2D eigenvalue weighted by molar-refractivity contribution is 8.00. The molecular formula is C7H7F3N2O2S. The Labute approximate surface area is 87.1 Å². The standard InChI is InChI=1S/C7H7F3N2O2S/c8-7(9,10)15-2-1-12-3-5(6(13)14)11-4-12/h3-4H,1-2H2,(H,13,14). The number of hydrogen-bond acceptors (Lipinski definition) is 3. The summed E-state index contributed by atoms with van der Waals surface area (Å²) in [6.07, 6.45) is 2.39. The van der Waals surface area contributed by atoms with Crippen LogP contribution in [0.4, 0.5) is 13.2 Å². The predicted molar refractivity (Wildman–Crippen MR) is 47.7 cm³/mol. The number of hydrogen-bond donors (Lipinski definition) is 1. The highest BCUT2D eigenvalue weighted by Gasteiger charge is 2.27. The molecule has 0 fully saturated rings. The van der Waals surface area contributed by atoms with E-state index >= 15 is 0 Å². The van der Waals surface area contributed by atoms with Crippen LogP contribution in [0.1, 0.15) is 10.5 Å². The minimum Gasteiger partial charge on any atom is -0.476 e. The zero-order valence-corrected chi connectivity index (χ0v) is 8.18. The maximum atomic E-state index is 11.7. The Morgan fingerprint density at radius 3 is 2.73 bits per heavy atom. The first-order valence-corrected chi connectivity index (χ1v) is 4.83. The van der Waals surface area contributed by atoms with Crippen molar-refractivity contribution in [2.24, 2.45) is 0 Å². The maximum Gasteiger partial charge on any atom is 0.441 e. The van der Waals surface area contributed by atoms with E-state index in [0.29, 0.717) is 0 Å². The topological polar surface area (TPSA) is 55.1 Å². The Morgan fingerprint density at radius 2 is 2.27 bits per heavy atom. The van der Waals surface area contributed by atoms with E-state index in [1.165, 1.54) is 17.1 Å². The van der Waals surface area contributed by atoms with Crippen molar-refractivity contribution in [3.63, 3.8) is 0 Å². The smallest absolute Gasteiger partial charge is 0.441 e. The van der Waals surface area contributed by atoms with Crippen molar-refractivity contribution in [3.8, 4) is 0 Å². The van der Waals surface area contributed by atoms with Gasteiger partial charge < -0.3 is 9.67 Å². The molecule has 0 radical (unpaired) electrons. The third-order valence-electron chi connectivity index (χ3n) is 1.47. The fraction of sp³-hybridized carbons (Fsp3) is 0.429. The van der Waals surface area contributed by atoms with Crippen LogP contribution in [0.2, 0.25) is 0 Å². The second kappa shape index (κ2) is 4.56. The highest BCUT2D eigenvalue weighted by Crippen LogP contribution is 2.29. The van der Waals surface area contributed by atoms with Crippen LogP contribution in [0.5, 0.6) is 0 Å². The van der Waals surface area contributed by atoms with Gasteiger partial charge in [-0.25, -0.2) is 9.78 Å². The molecule has 0 spiro atoms. The van der Waals surface area contributed by atoms with Crippen LogP contribution in [0.25, 0.3) is 0 Å². The van der Waals surface area contributed by atoms with Crippen LogP contribution >= 0.6 is 11.8 Å². The number of aromatic carboxylic acids is 1. The zero-order valence-electron chi connectivity index (χ0n) is 7.36. The lowest BCUT2D eigenvalue weighted by Crippen LogP contribution is -2.05. The van der Waals surface area contributed by atoms with Gasteiger partial charge in [0.15, 0.2) is 5.69 Å². The Balaban J connectivity index is 2.41. The molecule has 0 unspecified atom stereocenters. The molecule has 0 aliphatic heterocycles. The van der Waals surface area contributed by atoms with Crippen molar-refractivity contribution in [2.45, 2.75) is 12.1 Å². The number of alkyl halides is 3. The molecule has 84 valence electrons. The van der Waals surface area contributed by atoms with E-state index in [1.807, 2.05) is 0 Å². The fourth-order valence-electron chi connectivity index (χ4n) is 0.860. The number of carboxylic acids is 1. The summed E-state index contributed by atoms with van der Waals surface area (Å²) < 4.78 is 36.5. The average molecular weight is 240 g/mol. The van der Waals surface area contributed by atoms with E-state index in [-0.39, 0.29) is 29.8 Å². The van der Waals surface area contributed by atoms with Gasteiger partial charge in [-0.15, -0.1) is 0 Å². The lowest BCUT2D eigenvalue weighted by Gasteiger charge is -2.05. The summed E-state index contributed by atoms with van der Waals surface area (Å²) in [4.78, 5) is 13.9. The minimum absolute atomic E-state index is 0.0739. The van der Waals surface area contributed by atoms with Gasteiger partial charge in [-0.1, -0.05) is 0 Å². The van der Waals surface area contributed by atoms with Gasteiger partial charge in [-0.2, -0.15) is 13.2 Å². The van der Waals surface area contributed by atoms with E-state index in [1.54, 1.807) is 0 Å². The minimum atomic E-state index is -4.25. The first-order chi connectivity index (χ1) is 6.88. The number of nitrogens with zero attached hydrogens (tertiary/aromatic N) is 2. The summed E-state index contributed by atoms with van der Waals surface area (Å²) in [6.45, 7) is 0.0739. The number of aromatic nitrogens is 2. The number of rotatable bonds is 4. The van der Waals surface area contributed by atoms with Crippen LogP contribution in [0, 0.1) is 0 Å². The molecule has 0 aromatic carbocycles. The largest absolute Gasteiger partial charge is 0.476 e. The monoisotopic (exact) mass is 240 g/mol. The number of carboxylic acid groups (broad SMARTS) is 1. The molecule has 0 bridgehead atoms. The molecule has 0 saturated carbocycles. The molecule has 0 atom stereocenters. The van der Waals surface area contributed by atoms with E-state index in [9.17, 15) is 18.0 Å². The molecule has 15 heavy (non-hydrogen) atoms. The van der Waals surface area contributed by atoms with Crippen LogP contribution in [0.15, 0.2) is 12.5 Å². The number of thioether (sulfide) groups is 1. The van der Waals surface area contributed by atoms with Crippen molar-refractivity contribution in [1.82, 2.24) is 9.55 Å². The maximum absolute atomic E-state index is 11.7. The SMILES string of the molecule is O=C(O)c1cn(CCSC(F)(F)F)cn1. The van der Waals surface area contributed by atoms with Crippen molar-refractivity contribution in [3.05, 3.63) is 18.2 Å². The van der Waals surface area contributed by atoms with Gasteiger partial charge >= 0.3 is 11.5 Å². The van der Waals surface area contributed by atoms with Gasteiger partial charge in [-0.3, -0.25) is 0 Å². The summed E-state index contributed by atoms with van der Waals surface area (Å²) in [7, 11) is 0. The van der Waals surface area contributed by atoms with Crippen molar-refractivity contribution in [2.75, 3.05) is 5.75 Å². The third kappa shape index (κ3) is 4.24. The van der Waals surface area contributed by atoms with Crippen LogP contribution in [-0.4, -0.2) is 31.9 Å². The molecule has 0 saturated heterocycles. The lowest BCUT2D eigenvalue weighted by molar-refractivity contribution is -0.0328. The van der Waals surface area contributed by atoms with E-state index in [2.05, 4.69) is 4.98 Å². The molecular weight excluding hydrogens is 233 g/mol. The van der Waals surface area contributed by atoms with Crippen LogP contribution in [0.3, 0.4) is 0 Å². The molecule has 1 aromatic rings. The van der Waals surface area contributed by atoms with Crippen molar-refractivity contribution >= 4 is 17.7 Å². The molecule has 1 aromatic heterocycles. The van der Waals surface area contributed by atoms with Crippen molar-refractivity contribution < 1.29 is 23.1 Å². The molecule has 4 nitrogen and oxygen atoms in total. The molecule has 1 rings (SSSR count). The first-order valence-electron chi connectivity index (χ1n) is 3.84. The highest BCUT2D eigenvalue weighted by atomic mass is 32.2.